The van der Waals surface area contributed by atoms with Crippen LogP contribution in [0, 0.1) is 25.2 Å². The number of carbonyl (C=O) groups excluding carboxylic acids is 1. The molecule has 4 heteroatoms. The predicted octanol–water partition coefficient (Wildman–Crippen LogP) is 1.64. The lowest BCUT2D eigenvalue weighted by atomic mass is 10.1. The number of nitrogens with zero attached hydrogens (tertiary/aromatic N) is 3. The van der Waals surface area contributed by atoms with E-state index in [4.69, 9.17) is 5.26 Å². The number of nitriles is 1. The second-order valence-corrected chi connectivity index (χ2v) is 4.25. The van der Waals surface area contributed by atoms with Gasteiger partial charge < -0.3 is 9.47 Å². The minimum Gasteiger partial charge on any atom is -0.352 e. The van der Waals surface area contributed by atoms with E-state index in [0.717, 1.165) is 17.0 Å². The van der Waals surface area contributed by atoms with Crippen LogP contribution in [0.5, 0.6) is 0 Å². The Labute approximate surface area is 102 Å². The fourth-order valence-electron chi connectivity index (χ4n) is 1.57. The first kappa shape index (κ1) is 13.0. The summed E-state index contributed by atoms with van der Waals surface area (Å²) in [6.45, 7) is 3.96. The average molecular weight is 231 g/mol. The van der Waals surface area contributed by atoms with Gasteiger partial charge in [-0.3, -0.25) is 4.79 Å². The first-order chi connectivity index (χ1) is 7.88. The number of aryl methyl sites for hydroxylation is 1. The van der Waals surface area contributed by atoms with Gasteiger partial charge >= 0.3 is 0 Å². The van der Waals surface area contributed by atoms with Gasteiger partial charge in [-0.25, -0.2) is 0 Å². The van der Waals surface area contributed by atoms with Gasteiger partial charge in [-0.1, -0.05) is 0 Å². The zero-order chi connectivity index (χ0) is 13.2. The van der Waals surface area contributed by atoms with E-state index in [1.807, 2.05) is 37.6 Å². The molecule has 0 saturated carbocycles. The second-order valence-electron chi connectivity index (χ2n) is 4.25. The molecule has 0 spiro atoms. The number of hydrogen-bond donors (Lipinski definition) is 0. The molecule has 1 aromatic rings. The second kappa shape index (κ2) is 4.88. The summed E-state index contributed by atoms with van der Waals surface area (Å²) in [5.74, 6) is -0.270. The van der Waals surface area contributed by atoms with E-state index in [1.165, 1.54) is 4.90 Å². The highest BCUT2D eigenvalue weighted by Crippen LogP contribution is 2.17. The van der Waals surface area contributed by atoms with E-state index in [2.05, 4.69) is 0 Å². The van der Waals surface area contributed by atoms with Crippen molar-refractivity contribution in [3.63, 3.8) is 0 Å². The van der Waals surface area contributed by atoms with Gasteiger partial charge in [0.2, 0.25) is 0 Å². The Kier molecular flexibility index (Phi) is 3.74. The Hall–Kier alpha value is -2.02. The molecule has 0 aliphatic carbocycles. The molecular formula is C13H17N3O. The summed E-state index contributed by atoms with van der Waals surface area (Å²) >= 11 is 0. The number of rotatable bonds is 2. The number of likely N-dealkylation sites (N-methyl/N-ethyl adjacent to an activating group) is 1. The summed E-state index contributed by atoms with van der Waals surface area (Å²) in [4.78, 5) is 13.1. The van der Waals surface area contributed by atoms with Crippen LogP contribution in [0.2, 0.25) is 0 Å². The minimum atomic E-state index is -0.270. The SMILES string of the molecule is Cc1cc(/C=C(/C#N)C(=O)N(C)C)c(C)n1C. The summed E-state index contributed by atoms with van der Waals surface area (Å²) in [7, 11) is 5.23. The van der Waals surface area contributed by atoms with Crippen molar-refractivity contribution in [2.75, 3.05) is 14.1 Å². The van der Waals surface area contributed by atoms with Crippen molar-refractivity contribution in [3.05, 3.63) is 28.6 Å². The van der Waals surface area contributed by atoms with Crippen LogP contribution in [0.3, 0.4) is 0 Å². The van der Waals surface area contributed by atoms with E-state index in [0.29, 0.717) is 0 Å². The Bertz CT molecular complexity index is 516. The van der Waals surface area contributed by atoms with E-state index < -0.39 is 0 Å². The Morgan fingerprint density at radius 1 is 1.47 bits per heavy atom. The molecule has 1 aromatic heterocycles. The van der Waals surface area contributed by atoms with Gasteiger partial charge in [0.25, 0.3) is 5.91 Å². The molecule has 0 atom stereocenters. The van der Waals surface area contributed by atoms with Gasteiger partial charge in [0, 0.05) is 32.5 Å². The number of hydrogen-bond acceptors (Lipinski definition) is 2. The first-order valence-corrected chi connectivity index (χ1v) is 5.34. The molecule has 1 rings (SSSR count). The molecule has 0 N–H and O–H groups in total. The lowest BCUT2D eigenvalue weighted by Crippen LogP contribution is -2.22. The lowest BCUT2D eigenvalue weighted by Gasteiger charge is -2.08. The first-order valence-electron chi connectivity index (χ1n) is 5.34. The topological polar surface area (TPSA) is 49.0 Å². The minimum absolute atomic E-state index is 0.156. The fourth-order valence-corrected chi connectivity index (χ4v) is 1.57. The molecule has 17 heavy (non-hydrogen) atoms. The Morgan fingerprint density at radius 2 is 2.06 bits per heavy atom. The number of amides is 1. The summed E-state index contributed by atoms with van der Waals surface area (Å²) in [6.07, 6.45) is 1.64. The zero-order valence-electron chi connectivity index (χ0n) is 10.9. The Balaban J connectivity index is 3.21. The Morgan fingerprint density at radius 3 is 2.41 bits per heavy atom. The average Bonchev–Trinajstić information content (AvgIpc) is 2.52. The highest BCUT2D eigenvalue weighted by molar-refractivity contribution is 6.01. The predicted molar refractivity (Wildman–Crippen MR) is 67.2 cm³/mol. The molecule has 0 aliphatic rings. The third-order valence-corrected chi connectivity index (χ3v) is 2.87. The van der Waals surface area contributed by atoms with Crippen LogP contribution < -0.4 is 0 Å². The molecule has 1 amide bonds. The normalized spacial score (nSPS) is 11.2. The van der Waals surface area contributed by atoms with Crippen molar-refractivity contribution >= 4 is 12.0 Å². The number of carbonyl (C=O) groups is 1. The van der Waals surface area contributed by atoms with Crippen molar-refractivity contribution in [3.8, 4) is 6.07 Å². The van der Waals surface area contributed by atoms with Crippen molar-refractivity contribution in [1.82, 2.24) is 9.47 Å². The van der Waals surface area contributed by atoms with Crippen LogP contribution >= 0.6 is 0 Å². The van der Waals surface area contributed by atoms with Gasteiger partial charge in [0.1, 0.15) is 11.6 Å². The highest BCUT2D eigenvalue weighted by Gasteiger charge is 2.12. The summed E-state index contributed by atoms with van der Waals surface area (Å²) in [6, 6.07) is 3.92. The van der Waals surface area contributed by atoms with Crippen molar-refractivity contribution in [1.29, 1.82) is 5.26 Å². The fraction of sp³-hybridized carbons (Fsp3) is 0.385. The standard InChI is InChI=1S/C13H17N3O/c1-9-6-11(10(2)16(9)5)7-12(8-14)13(17)15(3)4/h6-7H,1-5H3/b12-7-. The molecular weight excluding hydrogens is 214 g/mol. The molecule has 0 bridgehead atoms. The van der Waals surface area contributed by atoms with Gasteiger partial charge in [-0.2, -0.15) is 5.26 Å². The molecule has 90 valence electrons. The maximum Gasteiger partial charge on any atom is 0.264 e. The van der Waals surface area contributed by atoms with Crippen molar-refractivity contribution < 1.29 is 4.79 Å². The van der Waals surface area contributed by atoms with E-state index >= 15 is 0 Å². The van der Waals surface area contributed by atoms with Crippen LogP contribution in [0.4, 0.5) is 0 Å². The molecule has 0 fully saturated rings. The van der Waals surface area contributed by atoms with Gasteiger partial charge in [-0.05, 0) is 31.6 Å². The van der Waals surface area contributed by atoms with Crippen LogP contribution in [-0.2, 0) is 11.8 Å². The molecule has 0 radical (unpaired) electrons. The largest absolute Gasteiger partial charge is 0.352 e. The summed E-state index contributed by atoms with van der Waals surface area (Å²) < 4.78 is 2.03. The van der Waals surface area contributed by atoms with Gasteiger partial charge in [0.15, 0.2) is 0 Å². The van der Waals surface area contributed by atoms with E-state index in [-0.39, 0.29) is 11.5 Å². The van der Waals surface area contributed by atoms with Crippen molar-refractivity contribution in [2.45, 2.75) is 13.8 Å². The van der Waals surface area contributed by atoms with Gasteiger partial charge in [-0.15, -0.1) is 0 Å². The van der Waals surface area contributed by atoms with Crippen LogP contribution in [-0.4, -0.2) is 29.5 Å². The quantitative estimate of drug-likeness (QED) is 0.574. The maximum atomic E-state index is 11.7. The van der Waals surface area contributed by atoms with Gasteiger partial charge in [0.05, 0.1) is 0 Å². The third kappa shape index (κ3) is 2.56. The van der Waals surface area contributed by atoms with Crippen LogP contribution in [0.25, 0.3) is 6.08 Å². The highest BCUT2D eigenvalue weighted by atomic mass is 16.2. The number of aromatic nitrogens is 1. The third-order valence-electron chi connectivity index (χ3n) is 2.87. The molecule has 0 aliphatic heterocycles. The smallest absolute Gasteiger partial charge is 0.264 e. The maximum absolute atomic E-state index is 11.7. The molecule has 4 nitrogen and oxygen atoms in total. The van der Waals surface area contributed by atoms with E-state index in [1.54, 1.807) is 20.2 Å². The summed E-state index contributed by atoms with van der Waals surface area (Å²) in [5, 5.41) is 9.00. The van der Waals surface area contributed by atoms with Crippen LogP contribution in [0.1, 0.15) is 17.0 Å². The molecule has 0 unspecified atom stereocenters. The lowest BCUT2D eigenvalue weighted by molar-refractivity contribution is -0.124. The van der Waals surface area contributed by atoms with Crippen molar-refractivity contribution in [2.24, 2.45) is 7.05 Å². The summed E-state index contributed by atoms with van der Waals surface area (Å²) in [5.41, 5.74) is 3.21. The van der Waals surface area contributed by atoms with Crippen LogP contribution in [0.15, 0.2) is 11.6 Å². The monoisotopic (exact) mass is 231 g/mol. The zero-order valence-corrected chi connectivity index (χ0v) is 10.9. The molecule has 1 heterocycles. The molecule has 0 aromatic carbocycles. The molecule has 0 saturated heterocycles. The van der Waals surface area contributed by atoms with E-state index in [9.17, 15) is 4.79 Å².